The number of carbonyl (C=O) groups is 4. The number of nitrogens with one attached hydrogen (secondary N) is 4. The maximum atomic E-state index is 13.0. The Kier molecular flexibility index (Phi) is 28.9. The van der Waals surface area contributed by atoms with Crippen molar-refractivity contribution < 1.29 is 57.4 Å². The van der Waals surface area contributed by atoms with Gasteiger partial charge in [-0.25, -0.2) is 14.8 Å². The number of ketones is 1. The Labute approximate surface area is 442 Å². The van der Waals surface area contributed by atoms with Crippen LogP contribution in [0.15, 0.2) is 24.3 Å². The van der Waals surface area contributed by atoms with Gasteiger partial charge in [-0.15, -0.1) is 0 Å². The molecule has 0 aliphatic carbocycles. The second-order valence-corrected chi connectivity index (χ2v) is 21.2. The van der Waals surface area contributed by atoms with E-state index in [4.69, 9.17) is 9.97 Å². The van der Waals surface area contributed by atoms with Gasteiger partial charge in [-0.3, -0.25) is 23.2 Å². The van der Waals surface area contributed by atoms with E-state index in [0.29, 0.717) is 45.1 Å². The zero-order valence-electron chi connectivity index (χ0n) is 44.6. The third-order valence-electron chi connectivity index (χ3n) is 15.4. The monoisotopic (exact) mass is 1000 g/mol. The summed E-state index contributed by atoms with van der Waals surface area (Å²) in [6.45, 7) is 11.5. The number of carboxylic acids is 1. The molecule has 2 fully saturated rings. The summed E-state index contributed by atoms with van der Waals surface area (Å²) in [5.41, 5.74) is 3.95. The minimum atomic E-state index is -0.963. The number of piperidine rings is 2. The molecule has 6 heterocycles. The summed E-state index contributed by atoms with van der Waals surface area (Å²) in [6, 6.07) is 7.49. The predicted octanol–water partition coefficient (Wildman–Crippen LogP) is 6.04. The van der Waals surface area contributed by atoms with E-state index < -0.39 is 28.9 Å². The number of fused-ring (bicyclic) bond motifs is 2. The quantitative estimate of drug-likeness (QED) is 0.0490. The smallest absolute Gasteiger partial charge is 0.870 e. The fraction of sp³-hybridized carbons (Fsp3) is 0.745. The van der Waals surface area contributed by atoms with E-state index in [-0.39, 0.29) is 55.3 Å². The molecule has 2 atom stereocenters. The average Bonchev–Trinajstić information content (AvgIpc) is 3.36. The molecule has 2 aromatic rings. The molecule has 14 nitrogen and oxygen atoms in total. The molecule has 2 amide bonds. The number of aryl methyl sites for hydroxylation is 4. The molecule has 0 spiro atoms. The predicted molar refractivity (Wildman–Crippen MR) is 278 cm³/mol. The Morgan fingerprint density at radius 1 is 0.625 bits per heavy atom. The Morgan fingerprint density at radius 2 is 1.01 bits per heavy atom. The van der Waals surface area contributed by atoms with Crippen molar-refractivity contribution in [3.63, 3.8) is 0 Å². The molecule has 0 aromatic carbocycles. The number of alkyl halides is 2. The molecule has 400 valence electrons. The van der Waals surface area contributed by atoms with Crippen LogP contribution in [0.3, 0.4) is 0 Å². The molecule has 0 radical (unpaired) electrons. The minimum Gasteiger partial charge on any atom is -0.870 e. The number of halogens is 2. The first-order valence-corrected chi connectivity index (χ1v) is 27.2. The number of hydrogen-bond acceptors (Lipinski definition) is 11. The van der Waals surface area contributed by atoms with Gasteiger partial charge in [-0.1, -0.05) is 77.3 Å². The number of aliphatic carboxylic acids is 1. The van der Waals surface area contributed by atoms with Gasteiger partial charge in [0, 0.05) is 48.4 Å². The number of rotatable bonds is 28. The first kappa shape index (κ1) is 62.6. The topological polar surface area (TPSA) is 199 Å². The Hall–Kier alpha value is -3.68. The standard InChI is InChI=1S/C28H45FN4O2.C27H43FN4O3.Li.H2O/c1-22(34)25(32-27(35)28(2)15-20-33(21-16-28)19-9-17-29)12-7-5-3-4-6-11-24-14-13-23-10-8-18-30-26(23)31-24;1-27(14-19-32(20-15-27)18-8-16-28)26(35)31-23(25(33)34)11-6-4-2-3-5-10-22-13-12-21-9-7-17-29-24(21)30-22;;/h13-14,25H,3-12,15-21H2,1-2H3,(H,30,31)(H,32,35);12-13,23H,2-11,14-20H2,1H3,(H,29,30)(H,31,35)(H,33,34);;1H2/q;;+1;/p-1/t25-;23-;;/m00../s1. The zero-order chi connectivity index (χ0) is 50.2. The molecular weight excluding hydrogens is 914 g/mol. The van der Waals surface area contributed by atoms with Gasteiger partial charge >= 0.3 is 24.8 Å². The molecule has 6 rings (SSSR count). The van der Waals surface area contributed by atoms with Crippen molar-refractivity contribution in [1.82, 2.24) is 30.4 Å². The van der Waals surface area contributed by atoms with E-state index in [1.807, 2.05) is 13.8 Å². The number of likely N-dealkylation sites (tertiary alicyclic amines) is 2. The number of carboxylic acid groups (broad SMARTS) is 1. The van der Waals surface area contributed by atoms with Gasteiger partial charge in [0.2, 0.25) is 11.8 Å². The summed E-state index contributed by atoms with van der Waals surface area (Å²) in [4.78, 5) is 63.8. The van der Waals surface area contributed by atoms with Crippen LogP contribution in [0.1, 0.15) is 172 Å². The van der Waals surface area contributed by atoms with Crippen LogP contribution in [0, 0.1) is 10.8 Å². The van der Waals surface area contributed by atoms with Crippen LogP contribution in [0.4, 0.5) is 20.4 Å². The molecule has 2 saturated heterocycles. The van der Waals surface area contributed by atoms with E-state index >= 15 is 0 Å². The molecule has 0 bridgehead atoms. The summed E-state index contributed by atoms with van der Waals surface area (Å²) in [5, 5.41) is 22.3. The minimum absolute atomic E-state index is 0. The van der Waals surface area contributed by atoms with Crippen molar-refractivity contribution in [2.75, 3.05) is 76.3 Å². The van der Waals surface area contributed by atoms with Gasteiger partial charge in [-0.05, 0) is 159 Å². The van der Waals surface area contributed by atoms with Crippen LogP contribution >= 0.6 is 0 Å². The van der Waals surface area contributed by atoms with Gasteiger partial charge in [0.1, 0.15) is 17.7 Å². The number of Topliss-reactive ketones (excluding diaryl/α,β-unsaturated/α-hetero) is 1. The number of aromatic nitrogens is 2. The van der Waals surface area contributed by atoms with Crippen molar-refractivity contribution in [2.24, 2.45) is 10.8 Å². The van der Waals surface area contributed by atoms with Crippen molar-refractivity contribution in [1.29, 1.82) is 0 Å². The first-order valence-electron chi connectivity index (χ1n) is 27.2. The van der Waals surface area contributed by atoms with Crippen molar-refractivity contribution >= 4 is 35.2 Å². The number of pyridine rings is 2. The SMILES string of the molecule is CC(=O)[C@H](CCCCCCCc1ccc2c(n1)NCCC2)NC(=O)C1(C)CCN(CCCF)CC1.CC1(C(=O)N[C@@H](CCCCCCCc2ccc3c(n2)NCCC3)C(=O)O)CCN(CCCF)CC1.[Li+].[OH-]. The second kappa shape index (κ2) is 33.3. The number of anilines is 2. The van der Waals surface area contributed by atoms with E-state index in [0.717, 1.165) is 166 Å². The Bertz CT molecular complexity index is 1800. The molecule has 6 N–H and O–H groups in total. The van der Waals surface area contributed by atoms with Crippen LogP contribution < -0.4 is 40.1 Å². The fourth-order valence-electron chi connectivity index (χ4n) is 10.2. The van der Waals surface area contributed by atoms with Crippen LogP contribution in [-0.4, -0.2) is 132 Å². The fourth-order valence-corrected chi connectivity index (χ4v) is 10.2. The molecular formula is C55H89F2LiN8O6. The van der Waals surface area contributed by atoms with Crippen molar-refractivity contribution in [3.8, 4) is 0 Å². The number of hydrogen-bond donors (Lipinski definition) is 5. The normalized spacial score (nSPS) is 17.8. The maximum Gasteiger partial charge on any atom is 1.00 e. The summed E-state index contributed by atoms with van der Waals surface area (Å²) in [7, 11) is 0. The maximum absolute atomic E-state index is 13.0. The summed E-state index contributed by atoms with van der Waals surface area (Å²) in [5.74, 6) is 1.02. The number of carbonyl (C=O) groups excluding carboxylic acids is 3. The molecule has 4 aliphatic heterocycles. The van der Waals surface area contributed by atoms with E-state index in [9.17, 15) is 33.1 Å². The van der Waals surface area contributed by atoms with Gasteiger partial charge in [0.25, 0.3) is 0 Å². The molecule has 17 heteroatoms. The van der Waals surface area contributed by atoms with Gasteiger partial charge in [0.15, 0.2) is 5.78 Å². The molecule has 4 aliphatic rings. The summed E-state index contributed by atoms with van der Waals surface area (Å²) < 4.78 is 24.8. The molecule has 72 heavy (non-hydrogen) atoms. The Balaban J connectivity index is 0.000000370. The second-order valence-electron chi connectivity index (χ2n) is 21.2. The molecule has 0 saturated carbocycles. The number of amides is 2. The Morgan fingerprint density at radius 3 is 1.42 bits per heavy atom. The van der Waals surface area contributed by atoms with E-state index in [2.05, 4.69) is 55.3 Å². The van der Waals surface area contributed by atoms with Gasteiger partial charge in [-0.2, -0.15) is 0 Å². The number of nitrogens with zero attached hydrogens (tertiary/aromatic N) is 4. The molecule has 2 aromatic heterocycles. The average molecular weight is 1000 g/mol. The van der Waals surface area contributed by atoms with Crippen molar-refractivity contribution in [3.05, 3.63) is 46.8 Å². The van der Waals surface area contributed by atoms with E-state index in [1.165, 1.54) is 29.7 Å². The first-order chi connectivity index (χ1) is 33.8. The summed E-state index contributed by atoms with van der Waals surface area (Å²) >= 11 is 0. The number of unbranched alkanes of at least 4 members (excludes halogenated alkanes) is 8. The molecule has 0 unspecified atom stereocenters. The van der Waals surface area contributed by atoms with Crippen LogP contribution in [0.5, 0.6) is 0 Å². The van der Waals surface area contributed by atoms with E-state index in [1.54, 1.807) is 6.92 Å². The third kappa shape index (κ3) is 20.9. The van der Waals surface area contributed by atoms with Gasteiger partial charge < -0.3 is 41.6 Å². The van der Waals surface area contributed by atoms with Crippen molar-refractivity contribution in [2.45, 2.75) is 187 Å². The van der Waals surface area contributed by atoms with Gasteiger partial charge in [0.05, 0.1) is 19.4 Å². The van der Waals surface area contributed by atoms with Crippen LogP contribution in [-0.2, 0) is 44.9 Å². The van der Waals surface area contributed by atoms with Crippen LogP contribution in [0.25, 0.3) is 0 Å². The zero-order valence-corrected chi connectivity index (χ0v) is 44.6. The third-order valence-corrected chi connectivity index (χ3v) is 15.4. The largest absolute Gasteiger partial charge is 1.00 e. The summed E-state index contributed by atoms with van der Waals surface area (Å²) in [6.07, 6.45) is 22.0. The van der Waals surface area contributed by atoms with Crippen LogP contribution in [0.2, 0.25) is 0 Å².